The maximum absolute atomic E-state index is 7.51. The van der Waals surface area contributed by atoms with Gasteiger partial charge in [0, 0.05) is 15.9 Å². The third kappa shape index (κ3) is 4.17. The van der Waals surface area contributed by atoms with E-state index in [1.807, 2.05) is 12.1 Å². The zero-order chi connectivity index (χ0) is 23.3. The molecule has 0 atom stereocenters. The third-order valence-corrected chi connectivity index (χ3v) is 13.5. The molecule has 5 aromatic rings. The first-order chi connectivity index (χ1) is 16.7. The lowest BCUT2D eigenvalue weighted by Crippen LogP contribution is -2.31. The van der Waals surface area contributed by atoms with Gasteiger partial charge in [0.05, 0.1) is 0 Å². The van der Waals surface area contributed by atoms with Crippen LogP contribution in [0.2, 0.25) is 0 Å². The van der Waals surface area contributed by atoms with E-state index in [9.17, 15) is 0 Å². The molecule has 0 saturated carbocycles. The summed E-state index contributed by atoms with van der Waals surface area (Å²) in [5.74, 6) is 0. The molecule has 34 heavy (non-hydrogen) atoms. The second kappa shape index (κ2) is 9.92. The second-order valence-electron chi connectivity index (χ2n) is 8.09. The van der Waals surface area contributed by atoms with Gasteiger partial charge in [-0.2, -0.15) is 5.50 Å². The largest absolute Gasteiger partial charge is 0.261 e. The smallest absolute Gasteiger partial charge is 0.174 e. The molecule has 2 nitrogen and oxygen atoms in total. The van der Waals surface area contributed by atoms with E-state index in [1.54, 1.807) is 0 Å². The van der Waals surface area contributed by atoms with Crippen LogP contribution >= 0.6 is 14.6 Å². The molecule has 0 aliphatic rings. The van der Waals surface area contributed by atoms with Crippen LogP contribution in [0, 0.1) is 0 Å². The average Bonchev–Trinajstić information content (AvgIpc) is 2.94. The number of hydrogen-bond donors (Lipinski definition) is 1. The highest BCUT2D eigenvalue weighted by atomic mass is 31.2. The van der Waals surface area contributed by atoms with Crippen molar-refractivity contribution in [3.05, 3.63) is 152 Å². The van der Waals surface area contributed by atoms with Crippen molar-refractivity contribution in [2.45, 2.75) is 0 Å². The summed E-state index contributed by atoms with van der Waals surface area (Å²) >= 11 is 0. The van der Waals surface area contributed by atoms with E-state index in [1.165, 1.54) is 15.9 Å². The standard InChI is InChI=1S/C30H27N2P2/c31-34(29-22-12-4-13-23-29,30-24-14-5-15-25-30)32-33(26-16-6-1-7-17-26,27-18-8-2-9-19-27)28-20-10-3-11-21-28/h1-25H,31H2/q+1. The summed E-state index contributed by atoms with van der Waals surface area (Å²) in [7, 11) is -5.07. The Morgan fingerprint density at radius 3 is 0.971 bits per heavy atom. The van der Waals surface area contributed by atoms with Crippen molar-refractivity contribution < 1.29 is 0 Å². The Morgan fingerprint density at radius 1 is 0.412 bits per heavy atom. The van der Waals surface area contributed by atoms with Crippen LogP contribution in [0.25, 0.3) is 0 Å². The lowest BCUT2D eigenvalue weighted by Gasteiger charge is -2.29. The molecule has 0 aromatic heterocycles. The fraction of sp³-hybridized carbons (Fsp3) is 0. The van der Waals surface area contributed by atoms with E-state index in [2.05, 4.69) is 140 Å². The van der Waals surface area contributed by atoms with Gasteiger partial charge in [-0.3, -0.25) is 0 Å². The molecule has 0 amide bonds. The molecule has 0 unspecified atom stereocenters. The zero-order valence-corrected chi connectivity index (χ0v) is 20.6. The number of benzene rings is 5. The van der Waals surface area contributed by atoms with Gasteiger partial charge < -0.3 is 0 Å². The topological polar surface area (TPSA) is 38.4 Å². The van der Waals surface area contributed by atoms with Crippen LogP contribution < -0.4 is 32.0 Å². The molecule has 0 aliphatic heterocycles. The quantitative estimate of drug-likeness (QED) is 0.317. The first-order valence-corrected chi connectivity index (χ1v) is 14.9. The normalized spacial score (nSPS) is 11.7. The van der Waals surface area contributed by atoms with Crippen LogP contribution in [0.1, 0.15) is 0 Å². The maximum Gasteiger partial charge on any atom is 0.261 e. The van der Waals surface area contributed by atoms with Crippen molar-refractivity contribution in [2.24, 2.45) is 10.0 Å². The number of nitrogens with two attached hydrogens (primary N) is 1. The average molecular weight is 478 g/mol. The van der Waals surface area contributed by atoms with Gasteiger partial charge in [-0.15, -0.1) is 4.52 Å². The van der Waals surface area contributed by atoms with Crippen molar-refractivity contribution in [3.8, 4) is 0 Å². The Bertz CT molecular complexity index is 1250. The highest BCUT2D eigenvalue weighted by Crippen LogP contribution is 2.61. The minimum absolute atomic E-state index is 1.08. The van der Waals surface area contributed by atoms with E-state index in [-0.39, 0.29) is 0 Å². The maximum atomic E-state index is 7.51. The van der Waals surface area contributed by atoms with E-state index in [4.69, 9.17) is 10.0 Å². The lowest BCUT2D eigenvalue weighted by molar-refractivity contribution is 1.65. The number of nitrogens with zero attached hydrogens (tertiary/aromatic N) is 1. The summed E-state index contributed by atoms with van der Waals surface area (Å²) in [6.45, 7) is 0. The molecule has 5 rings (SSSR count). The van der Waals surface area contributed by atoms with Crippen molar-refractivity contribution in [3.63, 3.8) is 0 Å². The predicted octanol–water partition coefficient (Wildman–Crippen LogP) is 5.62. The third-order valence-electron chi connectivity index (χ3n) is 5.96. The van der Waals surface area contributed by atoms with E-state index in [0.717, 1.165) is 10.6 Å². The molecule has 5 aromatic carbocycles. The summed E-state index contributed by atoms with van der Waals surface area (Å²) < 4.78 is 5.89. The van der Waals surface area contributed by atoms with Crippen LogP contribution in [0.15, 0.2) is 156 Å². The van der Waals surface area contributed by atoms with Crippen LogP contribution in [0.3, 0.4) is 0 Å². The Hall–Kier alpha value is -3.28. The minimum Gasteiger partial charge on any atom is -0.174 e. The Kier molecular flexibility index (Phi) is 6.57. The van der Waals surface area contributed by atoms with Crippen molar-refractivity contribution in [1.82, 2.24) is 0 Å². The fourth-order valence-electron chi connectivity index (χ4n) is 4.31. The van der Waals surface area contributed by atoms with Crippen molar-refractivity contribution in [2.75, 3.05) is 0 Å². The van der Waals surface area contributed by atoms with E-state index in [0.29, 0.717) is 0 Å². The molecule has 0 bridgehead atoms. The first kappa shape index (κ1) is 22.5. The molecular weight excluding hydrogens is 450 g/mol. The molecule has 0 saturated heterocycles. The van der Waals surface area contributed by atoms with Gasteiger partial charge in [0.2, 0.25) is 0 Å². The van der Waals surface area contributed by atoms with Gasteiger partial charge in [0.15, 0.2) is 0 Å². The first-order valence-electron chi connectivity index (χ1n) is 11.3. The molecule has 0 heterocycles. The van der Waals surface area contributed by atoms with Gasteiger partial charge in [-0.05, 0) is 24.3 Å². The summed E-state index contributed by atoms with van der Waals surface area (Å²) in [5, 5.41) is 5.76. The van der Waals surface area contributed by atoms with Crippen LogP contribution in [-0.2, 0) is 0 Å². The molecule has 0 radical (unpaired) electrons. The fourth-order valence-corrected chi connectivity index (χ4v) is 12.3. The molecule has 4 heteroatoms. The molecule has 0 aliphatic carbocycles. The van der Waals surface area contributed by atoms with Crippen LogP contribution in [0.4, 0.5) is 0 Å². The Balaban J connectivity index is 1.96. The number of rotatable bonds is 6. The molecule has 0 spiro atoms. The SMILES string of the molecule is N[P+](N=P(c1ccccc1)(c1ccccc1)c1ccccc1)(c1ccccc1)c1ccccc1. The van der Waals surface area contributed by atoms with Crippen molar-refractivity contribution >= 4 is 41.1 Å². The van der Waals surface area contributed by atoms with Gasteiger partial charge >= 0.3 is 0 Å². The van der Waals surface area contributed by atoms with Gasteiger partial charge in [-0.25, -0.2) is 0 Å². The Labute approximate surface area is 202 Å². The minimum atomic E-state index is -2.62. The summed E-state index contributed by atoms with van der Waals surface area (Å²) in [6, 6.07) is 52.9. The van der Waals surface area contributed by atoms with Crippen molar-refractivity contribution in [1.29, 1.82) is 0 Å². The van der Waals surface area contributed by atoms with E-state index < -0.39 is 14.6 Å². The summed E-state index contributed by atoms with van der Waals surface area (Å²) in [5.41, 5.74) is 7.51. The molecule has 0 fully saturated rings. The summed E-state index contributed by atoms with van der Waals surface area (Å²) in [6.07, 6.45) is 0. The van der Waals surface area contributed by atoms with Gasteiger partial charge in [-0.1, -0.05) is 127 Å². The predicted molar refractivity (Wildman–Crippen MR) is 151 cm³/mol. The van der Waals surface area contributed by atoms with Gasteiger partial charge in [0.1, 0.15) is 17.7 Å². The zero-order valence-electron chi connectivity index (χ0n) is 18.9. The number of hydrogen-bond acceptors (Lipinski definition) is 2. The molecule has 166 valence electrons. The van der Waals surface area contributed by atoms with Crippen LogP contribution in [-0.4, -0.2) is 0 Å². The lowest BCUT2D eigenvalue weighted by atomic mass is 10.4. The highest BCUT2D eigenvalue weighted by Gasteiger charge is 2.44. The molecular formula is C30H27N2P2+. The van der Waals surface area contributed by atoms with Crippen LogP contribution in [0.5, 0.6) is 0 Å². The highest BCUT2D eigenvalue weighted by molar-refractivity contribution is 7.97. The second-order valence-corrected chi connectivity index (χ2v) is 14.0. The summed E-state index contributed by atoms with van der Waals surface area (Å²) in [4.78, 5) is 0. The van der Waals surface area contributed by atoms with Gasteiger partial charge in [0.25, 0.3) is 7.56 Å². The monoisotopic (exact) mass is 477 g/mol. The Morgan fingerprint density at radius 2 is 0.676 bits per heavy atom. The van der Waals surface area contributed by atoms with E-state index >= 15 is 0 Å². The molecule has 2 N–H and O–H groups in total.